The van der Waals surface area contributed by atoms with Crippen LogP contribution in [0.15, 0.2) is 12.4 Å². The minimum absolute atomic E-state index is 0.597. The van der Waals surface area contributed by atoms with Gasteiger partial charge in [-0.3, -0.25) is 0 Å². The lowest BCUT2D eigenvalue weighted by atomic mass is 10.0. The Morgan fingerprint density at radius 1 is 1.42 bits per heavy atom. The lowest BCUT2D eigenvalue weighted by Gasteiger charge is -2.37. The number of imidazole rings is 1. The molecule has 0 aromatic carbocycles. The molecule has 1 aliphatic heterocycles. The van der Waals surface area contributed by atoms with E-state index < -0.39 is 0 Å². The SMILES string of the molecule is CCn1ccnc1N1CCCCC1CNCC(C)C. The van der Waals surface area contributed by atoms with Crippen LogP contribution in [-0.2, 0) is 6.54 Å². The summed E-state index contributed by atoms with van der Waals surface area (Å²) in [5, 5.41) is 3.61. The molecule has 1 fully saturated rings. The van der Waals surface area contributed by atoms with Crippen molar-refractivity contribution in [1.82, 2.24) is 14.9 Å². The smallest absolute Gasteiger partial charge is 0.205 e. The maximum Gasteiger partial charge on any atom is 0.205 e. The third-order valence-corrected chi connectivity index (χ3v) is 3.85. The highest BCUT2D eigenvalue weighted by Gasteiger charge is 2.25. The molecule has 1 aromatic heterocycles. The second kappa shape index (κ2) is 6.94. The number of nitrogens with zero attached hydrogens (tertiary/aromatic N) is 3. The van der Waals surface area contributed by atoms with E-state index in [-0.39, 0.29) is 0 Å². The van der Waals surface area contributed by atoms with Crippen LogP contribution in [0.5, 0.6) is 0 Å². The summed E-state index contributed by atoms with van der Waals surface area (Å²) < 4.78 is 2.25. The van der Waals surface area contributed by atoms with E-state index in [1.807, 2.05) is 6.20 Å². The Labute approximate surface area is 117 Å². The molecule has 0 amide bonds. The van der Waals surface area contributed by atoms with E-state index in [2.05, 4.69) is 46.7 Å². The second-order valence-electron chi connectivity index (χ2n) is 5.91. The van der Waals surface area contributed by atoms with E-state index in [1.165, 1.54) is 19.3 Å². The van der Waals surface area contributed by atoms with E-state index >= 15 is 0 Å². The van der Waals surface area contributed by atoms with Gasteiger partial charge in [0.05, 0.1) is 0 Å². The third-order valence-electron chi connectivity index (χ3n) is 3.85. The van der Waals surface area contributed by atoms with Gasteiger partial charge in [0.25, 0.3) is 0 Å². The average molecular weight is 264 g/mol. The van der Waals surface area contributed by atoms with Crippen molar-refractivity contribution in [3.8, 4) is 0 Å². The van der Waals surface area contributed by atoms with Gasteiger partial charge in [-0.1, -0.05) is 13.8 Å². The van der Waals surface area contributed by atoms with E-state index in [0.29, 0.717) is 6.04 Å². The molecule has 1 unspecified atom stereocenters. The third kappa shape index (κ3) is 3.72. The highest BCUT2D eigenvalue weighted by molar-refractivity contribution is 5.34. The Morgan fingerprint density at radius 2 is 2.26 bits per heavy atom. The molecule has 0 saturated carbocycles. The Balaban J connectivity index is 1.99. The van der Waals surface area contributed by atoms with Crippen molar-refractivity contribution in [1.29, 1.82) is 0 Å². The Morgan fingerprint density at radius 3 is 3.00 bits per heavy atom. The second-order valence-corrected chi connectivity index (χ2v) is 5.91. The number of aryl methyl sites for hydroxylation is 1. The number of rotatable bonds is 6. The van der Waals surface area contributed by atoms with Gasteiger partial charge < -0.3 is 14.8 Å². The summed E-state index contributed by atoms with van der Waals surface area (Å²) in [6, 6.07) is 0.597. The number of nitrogens with one attached hydrogen (secondary N) is 1. The Kier molecular flexibility index (Phi) is 5.25. The van der Waals surface area contributed by atoms with Crippen LogP contribution in [0.25, 0.3) is 0 Å². The van der Waals surface area contributed by atoms with Crippen molar-refractivity contribution in [3.05, 3.63) is 12.4 Å². The maximum absolute atomic E-state index is 4.57. The number of anilines is 1. The van der Waals surface area contributed by atoms with Crippen molar-refractivity contribution < 1.29 is 0 Å². The van der Waals surface area contributed by atoms with Crippen LogP contribution in [0, 0.1) is 5.92 Å². The fourth-order valence-corrected chi connectivity index (χ4v) is 2.82. The molecule has 1 aliphatic rings. The molecule has 0 spiro atoms. The molecule has 2 heterocycles. The first-order valence-electron chi connectivity index (χ1n) is 7.70. The van der Waals surface area contributed by atoms with Crippen LogP contribution in [0.1, 0.15) is 40.0 Å². The van der Waals surface area contributed by atoms with Gasteiger partial charge in [-0.15, -0.1) is 0 Å². The molecule has 2 rings (SSSR count). The molecule has 19 heavy (non-hydrogen) atoms. The van der Waals surface area contributed by atoms with Crippen molar-refractivity contribution in [2.75, 3.05) is 24.5 Å². The van der Waals surface area contributed by atoms with Crippen LogP contribution in [0.2, 0.25) is 0 Å². The molecule has 0 aliphatic carbocycles. The Bertz CT molecular complexity index is 372. The lowest BCUT2D eigenvalue weighted by Crippen LogP contribution is -2.47. The van der Waals surface area contributed by atoms with Gasteiger partial charge in [0.15, 0.2) is 0 Å². The van der Waals surface area contributed by atoms with Crippen molar-refractivity contribution in [3.63, 3.8) is 0 Å². The van der Waals surface area contributed by atoms with Gasteiger partial charge >= 0.3 is 0 Å². The van der Waals surface area contributed by atoms with E-state index in [0.717, 1.165) is 38.0 Å². The summed E-state index contributed by atoms with van der Waals surface area (Å²) in [5.41, 5.74) is 0. The zero-order valence-electron chi connectivity index (χ0n) is 12.6. The summed E-state index contributed by atoms with van der Waals surface area (Å²) in [4.78, 5) is 7.07. The summed E-state index contributed by atoms with van der Waals surface area (Å²) in [6.07, 6.45) is 7.92. The zero-order chi connectivity index (χ0) is 13.7. The number of hydrogen-bond donors (Lipinski definition) is 1. The van der Waals surface area contributed by atoms with Crippen molar-refractivity contribution >= 4 is 5.95 Å². The Hall–Kier alpha value is -1.03. The summed E-state index contributed by atoms with van der Waals surface area (Å²) >= 11 is 0. The van der Waals surface area contributed by atoms with Gasteiger partial charge in [0, 0.05) is 38.1 Å². The average Bonchev–Trinajstić information content (AvgIpc) is 2.87. The predicted octanol–water partition coefficient (Wildman–Crippen LogP) is 2.51. The van der Waals surface area contributed by atoms with E-state index in [9.17, 15) is 0 Å². The maximum atomic E-state index is 4.57. The molecule has 0 radical (unpaired) electrons. The van der Waals surface area contributed by atoms with Crippen LogP contribution in [0.4, 0.5) is 5.95 Å². The topological polar surface area (TPSA) is 33.1 Å². The standard InChI is InChI=1S/C15H28N4/c1-4-18-10-8-17-15(18)19-9-6-5-7-14(19)12-16-11-13(2)3/h8,10,13-14,16H,4-7,9,11-12H2,1-3H3. The predicted molar refractivity (Wildman–Crippen MR) is 80.6 cm³/mol. The molecule has 1 atom stereocenters. The quantitative estimate of drug-likeness (QED) is 0.857. The van der Waals surface area contributed by atoms with E-state index in [1.54, 1.807) is 0 Å². The largest absolute Gasteiger partial charge is 0.338 e. The number of aromatic nitrogens is 2. The molecule has 4 heteroatoms. The van der Waals surface area contributed by atoms with Crippen LogP contribution in [0.3, 0.4) is 0 Å². The zero-order valence-corrected chi connectivity index (χ0v) is 12.6. The summed E-state index contributed by atoms with van der Waals surface area (Å²) in [7, 11) is 0. The molecule has 1 saturated heterocycles. The monoisotopic (exact) mass is 264 g/mol. The van der Waals surface area contributed by atoms with Gasteiger partial charge in [-0.2, -0.15) is 0 Å². The first kappa shape index (κ1) is 14.4. The van der Waals surface area contributed by atoms with Crippen LogP contribution >= 0.6 is 0 Å². The van der Waals surface area contributed by atoms with Gasteiger partial charge in [0.1, 0.15) is 0 Å². The van der Waals surface area contributed by atoms with Crippen LogP contribution < -0.4 is 10.2 Å². The normalized spacial score (nSPS) is 20.2. The highest BCUT2D eigenvalue weighted by atomic mass is 15.3. The highest BCUT2D eigenvalue weighted by Crippen LogP contribution is 2.23. The number of piperidine rings is 1. The van der Waals surface area contributed by atoms with E-state index in [4.69, 9.17) is 0 Å². The van der Waals surface area contributed by atoms with Crippen LogP contribution in [-0.4, -0.2) is 35.2 Å². The molecule has 0 bridgehead atoms. The fraction of sp³-hybridized carbons (Fsp3) is 0.800. The van der Waals surface area contributed by atoms with Crippen molar-refractivity contribution in [2.24, 2.45) is 5.92 Å². The molecular formula is C15H28N4. The minimum Gasteiger partial charge on any atom is -0.338 e. The first-order valence-corrected chi connectivity index (χ1v) is 7.70. The number of hydrogen-bond acceptors (Lipinski definition) is 3. The minimum atomic E-state index is 0.597. The molecular weight excluding hydrogens is 236 g/mol. The lowest BCUT2D eigenvalue weighted by molar-refractivity contribution is 0.414. The molecule has 4 nitrogen and oxygen atoms in total. The van der Waals surface area contributed by atoms with Gasteiger partial charge in [-0.25, -0.2) is 4.98 Å². The molecule has 1 aromatic rings. The molecule has 1 N–H and O–H groups in total. The molecule has 108 valence electrons. The summed E-state index contributed by atoms with van der Waals surface area (Å²) in [5.74, 6) is 1.87. The summed E-state index contributed by atoms with van der Waals surface area (Å²) in [6.45, 7) is 11.0. The van der Waals surface area contributed by atoms with Gasteiger partial charge in [-0.05, 0) is 38.6 Å². The first-order chi connectivity index (χ1) is 9.22. The van der Waals surface area contributed by atoms with Crippen molar-refractivity contribution in [2.45, 2.75) is 52.6 Å². The van der Waals surface area contributed by atoms with Gasteiger partial charge in [0.2, 0.25) is 5.95 Å². The fourth-order valence-electron chi connectivity index (χ4n) is 2.82.